The molecule has 0 bridgehead atoms. The molecule has 2 N–H and O–H groups in total. The summed E-state index contributed by atoms with van der Waals surface area (Å²) in [5.74, 6) is 1.15. The molecule has 0 radical (unpaired) electrons. The van der Waals surface area contributed by atoms with Gasteiger partial charge in [-0.3, -0.25) is 9.89 Å². The first kappa shape index (κ1) is 22.6. The summed E-state index contributed by atoms with van der Waals surface area (Å²) in [5, 5.41) is 11.4. The first-order valence-electron chi connectivity index (χ1n) is 11.4. The first-order chi connectivity index (χ1) is 15.2. The Hall–Kier alpha value is -2.54. The Morgan fingerprint density at radius 2 is 2.00 bits per heavy atom. The summed E-state index contributed by atoms with van der Waals surface area (Å²) in [6.45, 7) is 10.5. The van der Waals surface area contributed by atoms with E-state index in [4.69, 9.17) is 26.4 Å². The fourth-order valence-electron chi connectivity index (χ4n) is 4.70. The number of halogens is 1. The summed E-state index contributed by atoms with van der Waals surface area (Å²) in [6, 6.07) is 6.04. The summed E-state index contributed by atoms with van der Waals surface area (Å²) >= 11 is 6.42. The standard InChI is InChI=1S/C24H32ClN5O2/c1-6-7-8-9-12-24(32-18-11-10-15(2)13-16(18)3)22(31)26-14-23(24,5)21-27-20-19(25)17(4)28-30(20)29-21/h10-11,13,28H,6-9,12,14H2,1-5H3,(H,26,31). The summed E-state index contributed by atoms with van der Waals surface area (Å²) in [4.78, 5) is 18.2. The third kappa shape index (κ3) is 3.56. The van der Waals surface area contributed by atoms with Crippen LogP contribution in [-0.2, 0) is 10.2 Å². The van der Waals surface area contributed by atoms with Gasteiger partial charge >= 0.3 is 0 Å². The zero-order valence-corrected chi connectivity index (χ0v) is 20.3. The third-order valence-electron chi connectivity index (χ3n) is 6.76. The molecular weight excluding hydrogens is 426 g/mol. The number of unbranched alkanes of at least 4 members (excludes halogenated alkanes) is 3. The minimum atomic E-state index is -1.12. The molecule has 0 aliphatic carbocycles. The van der Waals surface area contributed by atoms with Gasteiger partial charge in [-0.25, -0.2) is 4.98 Å². The van der Waals surface area contributed by atoms with Crippen molar-refractivity contribution in [1.29, 1.82) is 0 Å². The maximum Gasteiger partial charge on any atom is 0.265 e. The second kappa shape index (κ2) is 8.43. The molecule has 1 aliphatic rings. The van der Waals surface area contributed by atoms with Crippen LogP contribution in [0, 0.1) is 20.8 Å². The van der Waals surface area contributed by atoms with Crippen molar-refractivity contribution in [2.24, 2.45) is 0 Å². The number of carbonyl (C=O) groups excluding carboxylic acids is 1. The largest absolute Gasteiger partial charge is 0.476 e. The summed E-state index contributed by atoms with van der Waals surface area (Å²) < 4.78 is 8.28. The molecule has 1 fully saturated rings. The number of ether oxygens (including phenoxy) is 1. The Morgan fingerprint density at radius 1 is 1.22 bits per heavy atom. The van der Waals surface area contributed by atoms with Crippen LogP contribution in [-0.4, -0.2) is 37.9 Å². The van der Waals surface area contributed by atoms with Gasteiger partial charge in [0.05, 0.1) is 11.1 Å². The molecule has 1 amide bonds. The van der Waals surface area contributed by atoms with Crippen LogP contribution in [0.25, 0.3) is 5.65 Å². The number of aryl methyl sites for hydroxylation is 3. The number of nitrogens with one attached hydrogen (secondary N) is 2. The number of fused-ring (bicyclic) bond motifs is 1. The van der Waals surface area contributed by atoms with Crippen LogP contribution in [0.5, 0.6) is 5.75 Å². The monoisotopic (exact) mass is 457 g/mol. The summed E-state index contributed by atoms with van der Waals surface area (Å²) in [6.07, 6.45) is 4.76. The summed E-state index contributed by atoms with van der Waals surface area (Å²) in [5.41, 5.74) is 1.64. The Labute approximate surface area is 193 Å². The molecule has 3 heterocycles. The highest BCUT2D eigenvalue weighted by molar-refractivity contribution is 6.34. The lowest BCUT2D eigenvalue weighted by Crippen LogP contribution is -2.56. The van der Waals surface area contributed by atoms with E-state index in [-0.39, 0.29) is 5.91 Å². The van der Waals surface area contributed by atoms with Crippen molar-refractivity contribution in [3.63, 3.8) is 0 Å². The van der Waals surface area contributed by atoms with Crippen molar-refractivity contribution >= 4 is 23.2 Å². The molecule has 2 aromatic heterocycles. The number of aromatic nitrogens is 4. The zero-order valence-electron chi connectivity index (χ0n) is 19.5. The lowest BCUT2D eigenvalue weighted by molar-refractivity contribution is -0.137. The van der Waals surface area contributed by atoms with Gasteiger partial charge in [-0.05, 0) is 52.2 Å². The van der Waals surface area contributed by atoms with Gasteiger partial charge in [0.2, 0.25) is 5.60 Å². The van der Waals surface area contributed by atoms with Gasteiger partial charge in [0.25, 0.3) is 5.91 Å². The smallest absolute Gasteiger partial charge is 0.265 e. The van der Waals surface area contributed by atoms with Gasteiger partial charge < -0.3 is 10.1 Å². The molecule has 7 nitrogen and oxygen atoms in total. The average molecular weight is 458 g/mol. The molecule has 0 spiro atoms. The van der Waals surface area contributed by atoms with Crippen LogP contribution in [0.1, 0.15) is 68.6 Å². The van der Waals surface area contributed by atoms with E-state index in [1.165, 1.54) is 0 Å². The average Bonchev–Trinajstić information content (AvgIpc) is 3.36. The van der Waals surface area contributed by atoms with Crippen molar-refractivity contribution < 1.29 is 9.53 Å². The molecule has 4 rings (SSSR count). The number of aromatic amines is 1. The van der Waals surface area contributed by atoms with Gasteiger partial charge in [0.1, 0.15) is 10.8 Å². The molecule has 8 heteroatoms. The predicted octanol–water partition coefficient (Wildman–Crippen LogP) is 4.81. The van der Waals surface area contributed by atoms with E-state index >= 15 is 0 Å². The van der Waals surface area contributed by atoms with E-state index < -0.39 is 11.0 Å². The quantitative estimate of drug-likeness (QED) is 0.475. The van der Waals surface area contributed by atoms with E-state index in [1.54, 1.807) is 4.63 Å². The van der Waals surface area contributed by atoms with Gasteiger partial charge in [0.15, 0.2) is 11.5 Å². The lowest BCUT2D eigenvalue weighted by atomic mass is 9.71. The third-order valence-corrected chi connectivity index (χ3v) is 7.21. The molecule has 0 saturated carbocycles. The fourth-order valence-corrected chi connectivity index (χ4v) is 4.86. The molecule has 1 saturated heterocycles. The Morgan fingerprint density at radius 3 is 2.69 bits per heavy atom. The number of amides is 1. The lowest BCUT2D eigenvalue weighted by Gasteiger charge is -2.39. The normalized spacial score (nSPS) is 23.1. The van der Waals surface area contributed by atoms with Gasteiger partial charge in [-0.15, -0.1) is 5.10 Å². The Kier molecular flexibility index (Phi) is 5.96. The van der Waals surface area contributed by atoms with Gasteiger partial charge in [-0.1, -0.05) is 55.5 Å². The first-order valence-corrected chi connectivity index (χ1v) is 11.8. The van der Waals surface area contributed by atoms with E-state index in [0.29, 0.717) is 35.2 Å². The Balaban J connectivity index is 1.80. The zero-order chi connectivity index (χ0) is 23.1. The van der Waals surface area contributed by atoms with Crippen LogP contribution in [0.2, 0.25) is 5.02 Å². The van der Waals surface area contributed by atoms with E-state index in [9.17, 15) is 4.79 Å². The SMILES string of the molecule is CCCCCCC1(Oc2ccc(C)cc2C)C(=O)NCC1(C)c1nc2c(Cl)c(C)[nH]n2n1. The van der Waals surface area contributed by atoms with Crippen molar-refractivity contribution in [3.05, 3.63) is 45.9 Å². The van der Waals surface area contributed by atoms with Crippen LogP contribution in [0.3, 0.4) is 0 Å². The number of hydrogen-bond acceptors (Lipinski definition) is 4. The van der Waals surface area contributed by atoms with Gasteiger partial charge in [-0.2, -0.15) is 4.63 Å². The van der Waals surface area contributed by atoms with E-state index in [0.717, 1.165) is 42.5 Å². The predicted molar refractivity (Wildman–Crippen MR) is 125 cm³/mol. The topological polar surface area (TPSA) is 84.3 Å². The van der Waals surface area contributed by atoms with Crippen molar-refractivity contribution in [2.45, 2.75) is 77.7 Å². The molecule has 1 aromatic carbocycles. The summed E-state index contributed by atoms with van der Waals surface area (Å²) in [7, 11) is 0. The number of hydrogen-bond donors (Lipinski definition) is 2. The maximum atomic E-state index is 13.5. The minimum absolute atomic E-state index is 0.114. The van der Waals surface area contributed by atoms with Crippen LogP contribution < -0.4 is 10.1 Å². The molecule has 32 heavy (non-hydrogen) atoms. The van der Waals surface area contributed by atoms with Crippen LogP contribution >= 0.6 is 11.6 Å². The molecule has 3 aromatic rings. The minimum Gasteiger partial charge on any atom is -0.476 e. The molecule has 172 valence electrons. The van der Waals surface area contributed by atoms with Crippen molar-refractivity contribution in [2.75, 3.05) is 6.54 Å². The van der Waals surface area contributed by atoms with E-state index in [2.05, 4.69) is 23.4 Å². The van der Waals surface area contributed by atoms with E-state index in [1.807, 2.05) is 39.8 Å². The molecule has 2 atom stereocenters. The number of H-pyrrole nitrogens is 1. The molecule has 2 unspecified atom stereocenters. The Bertz CT molecular complexity index is 1150. The van der Waals surface area contributed by atoms with Crippen LogP contribution in [0.4, 0.5) is 0 Å². The second-order valence-electron chi connectivity index (χ2n) is 9.25. The van der Waals surface area contributed by atoms with Crippen LogP contribution in [0.15, 0.2) is 18.2 Å². The maximum absolute atomic E-state index is 13.5. The van der Waals surface area contributed by atoms with Gasteiger partial charge in [0, 0.05) is 6.54 Å². The number of carbonyl (C=O) groups is 1. The second-order valence-corrected chi connectivity index (χ2v) is 9.62. The number of rotatable bonds is 8. The molecule has 1 aliphatic heterocycles. The highest BCUT2D eigenvalue weighted by atomic mass is 35.5. The number of nitrogens with zero attached hydrogens (tertiary/aromatic N) is 3. The highest BCUT2D eigenvalue weighted by Gasteiger charge is 2.63. The number of benzene rings is 1. The fraction of sp³-hybridized carbons (Fsp3) is 0.542. The van der Waals surface area contributed by atoms with Crippen molar-refractivity contribution in [3.8, 4) is 5.75 Å². The van der Waals surface area contributed by atoms with Crippen molar-refractivity contribution in [1.82, 2.24) is 25.1 Å². The highest BCUT2D eigenvalue weighted by Crippen LogP contribution is 2.45. The molecular formula is C24H32ClN5O2.